The summed E-state index contributed by atoms with van der Waals surface area (Å²) >= 11 is 7.22. The maximum atomic E-state index is 12.2. The second-order valence-electron chi connectivity index (χ2n) is 4.21. The molecule has 1 aromatic carbocycles. The van der Waals surface area contributed by atoms with E-state index in [4.69, 9.17) is 17.3 Å². The summed E-state index contributed by atoms with van der Waals surface area (Å²) in [4.78, 5) is 26.5. The van der Waals surface area contributed by atoms with E-state index in [1.54, 1.807) is 18.5 Å². The fraction of sp³-hybridized carbons (Fsp3) is 0.167. The van der Waals surface area contributed by atoms with Gasteiger partial charge in [0.2, 0.25) is 0 Å². The lowest BCUT2D eigenvalue weighted by Crippen LogP contribution is -2.27. The van der Waals surface area contributed by atoms with Gasteiger partial charge in [-0.15, -0.1) is 11.3 Å². The number of anilines is 1. The number of hydrogen-bond donors (Lipinski definition) is 2. The zero-order valence-corrected chi connectivity index (χ0v) is 12.4. The number of nitro benzene ring substituents is 1. The van der Waals surface area contributed by atoms with Gasteiger partial charge in [-0.05, 0) is 6.92 Å². The number of nitrogens with zero attached hydrogens (tertiary/aromatic N) is 2. The van der Waals surface area contributed by atoms with E-state index in [0.29, 0.717) is 0 Å². The predicted octanol–water partition coefficient (Wildman–Crippen LogP) is 2.78. The molecule has 2 aromatic rings. The Kier molecular flexibility index (Phi) is 4.39. The summed E-state index contributed by atoms with van der Waals surface area (Å²) in [6, 6.07) is 1.87. The van der Waals surface area contributed by atoms with Crippen LogP contribution in [0.5, 0.6) is 0 Å². The molecule has 2 rings (SSSR count). The summed E-state index contributed by atoms with van der Waals surface area (Å²) in [5.41, 5.74) is 5.40. The van der Waals surface area contributed by atoms with Crippen LogP contribution >= 0.6 is 22.9 Å². The predicted molar refractivity (Wildman–Crippen MR) is 80.5 cm³/mol. The van der Waals surface area contributed by atoms with Crippen molar-refractivity contribution in [3.05, 3.63) is 49.4 Å². The smallest absolute Gasteiger partial charge is 0.271 e. The van der Waals surface area contributed by atoms with Gasteiger partial charge in [-0.1, -0.05) is 11.6 Å². The Balaban J connectivity index is 2.28. The zero-order chi connectivity index (χ0) is 15.6. The number of nitro groups is 1. The molecule has 0 aliphatic rings. The second-order valence-corrected chi connectivity index (χ2v) is 5.54. The number of halogens is 1. The number of carbonyl (C=O) groups excluding carboxylic acids is 1. The van der Waals surface area contributed by atoms with Crippen molar-refractivity contribution in [2.75, 3.05) is 5.73 Å². The van der Waals surface area contributed by atoms with Gasteiger partial charge in [-0.2, -0.15) is 0 Å². The first-order valence-corrected chi connectivity index (χ1v) is 7.09. The van der Waals surface area contributed by atoms with Gasteiger partial charge in [0.1, 0.15) is 5.01 Å². The molecule has 0 radical (unpaired) electrons. The van der Waals surface area contributed by atoms with Gasteiger partial charge in [0, 0.05) is 23.7 Å². The lowest BCUT2D eigenvalue weighted by Gasteiger charge is -2.13. The quantitative estimate of drug-likeness (QED) is 0.509. The number of thiazole rings is 1. The number of amides is 1. The molecule has 21 heavy (non-hydrogen) atoms. The SMILES string of the molecule is CC(NC(=O)c1cc([N+](=O)[O-])cc(Cl)c1N)c1nccs1. The molecule has 0 bridgehead atoms. The van der Waals surface area contributed by atoms with E-state index >= 15 is 0 Å². The molecule has 3 N–H and O–H groups in total. The molecule has 1 aromatic heterocycles. The van der Waals surface area contributed by atoms with Crippen LogP contribution in [0.2, 0.25) is 5.02 Å². The highest BCUT2D eigenvalue weighted by atomic mass is 35.5. The minimum absolute atomic E-state index is 0.00565. The average Bonchev–Trinajstić information content (AvgIpc) is 2.95. The first-order chi connectivity index (χ1) is 9.90. The van der Waals surface area contributed by atoms with E-state index in [1.165, 1.54) is 11.3 Å². The minimum Gasteiger partial charge on any atom is -0.397 e. The third kappa shape index (κ3) is 3.29. The monoisotopic (exact) mass is 326 g/mol. The molecule has 0 aliphatic heterocycles. The molecule has 1 unspecified atom stereocenters. The second kappa shape index (κ2) is 6.06. The molecule has 0 saturated carbocycles. The van der Waals surface area contributed by atoms with Crippen LogP contribution in [0.4, 0.5) is 11.4 Å². The van der Waals surface area contributed by atoms with Crippen molar-refractivity contribution in [1.82, 2.24) is 10.3 Å². The van der Waals surface area contributed by atoms with Crippen LogP contribution in [-0.2, 0) is 0 Å². The third-order valence-corrected chi connectivity index (χ3v) is 4.01. The van der Waals surface area contributed by atoms with Crippen molar-refractivity contribution in [2.24, 2.45) is 0 Å². The molecule has 1 heterocycles. The summed E-state index contributed by atoms with van der Waals surface area (Å²) in [6.07, 6.45) is 1.63. The van der Waals surface area contributed by atoms with E-state index in [9.17, 15) is 14.9 Å². The lowest BCUT2D eigenvalue weighted by molar-refractivity contribution is -0.384. The third-order valence-electron chi connectivity index (χ3n) is 2.74. The van der Waals surface area contributed by atoms with Crippen molar-refractivity contribution in [2.45, 2.75) is 13.0 Å². The van der Waals surface area contributed by atoms with E-state index in [1.807, 2.05) is 0 Å². The number of non-ortho nitro benzene ring substituents is 1. The summed E-state index contributed by atoms with van der Waals surface area (Å²) in [5, 5.41) is 16.0. The highest BCUT2D eigenvalue weighted by molar-refractivity contribution is 7.09. The van der Waals surface area contributed by atoms with Gasteiger partial charge < -0.3 is 11.1 Å². The number of carbonyl (C=O) groups is 1. The number of hydrogen-bond acceptors (Lipinski definition) is 6. The molecule has 0 spiro atoms. The average molecular weight is 327 g/mol. The topological polar surface area (TPSA) is 111 Å². The number of nitrogen functional groups attached to an aromatic ring is 1. The Bertz CT molecular complexity index is 690. The van der Waals surface area contributed by atoms with Gasteiger partial charge >= 0.3 is 0 Å². The van der Waals surface area contributed by atoms with Crippen LogP contribution in [0.15, 0.2) is 23.7 Å². The highest BCUT2D eigenvalue weighted by Gasteiger charge is 2.21. The van der Waals surface area contributed by atoms with Crippen LogP contribution in [0, 0.1) is 10.1 Å². The molecule has 9 heteroatoms. The molecule has 1 atom stereocenters. The number of aromatic nitrogens is 1. The van der Waals surface area contributed by atoms with Gasteiger partial charge in [0.25, 0.3) is 11.6 Å². The largest absolute Gasteiger partial charge is 0.397 e. The summed E-state index contributed by atoms with van der Waals surface area (Å²) < 4.78 is 0. The molecule has 0 saturated heterocycles. The van der Waals surface area contributed by atoms with E-state index in [2.05, 4.69) is 10.3 Å². The van der Waals surface area contributed by atoms with Gasteiger partial charge in [0.05, 0.1) is 27.2 Å². The van der Waals surface area contributed by atoms with Crippen molar-refractivity contribution in [3.8, 4) is 0 Å². The standard InChI is InChI=1S/C12H11ClN4O3S/c1-6(12-15-2-3-21-12)16-11(18)8-4-7(17(19)20)5-9(13)10(8)14/h2-6H,14H2,1H3,(H,16,18). The fourth-order valence-corrected chi connectivity index (χ4v) is 2.54. The van der Waals surface area contributed by atoms with Gasteiger partial charge in [-0.3, -0.25) is 14.9 Å². The summed E-state index contributed by atoms with van der Waals surface area (Å²) in [5.74, 6) is -0.541. The van der Waals surface area contributed by atoms with Gasteiger partial charge in [0.15, 0.2) is 0 Å². The van der Waals surface area contributed by atoms with E-state index in [0.717, 1.165) is 17.1 Å². The normalized spacial score (nSPS) is 11.9. The minimum atomic E-state index is -0.633. The maximum absolute atomic E-state index is 12.2. The van der Waals surface area contributed by atoms with Gasteiger partial charge in [-0.25, -0.2) is 4.98 Å². The van der Waals surface area contributed by atoms with Crippen LogP contribution in [-0.4, -0.2) is 15.8 Å². The Morgan fingerprint density at radius 3 is 2.86 bits per heavy atom. The van der Waals surface area contributed by atoms with Crippen LogP contribution in [0.25, 0.3) is 0 Å². The van der Waals surface area contributed by atoms with Crippen LogP contribution in [0.3, 0.4) is 0 Å². The Morgan fingerprint density at radius 2 is 2.29 bits per heavy atom. The molecule has 110 valence electrons. The summed E-state index contributed by atoms with van der Waals surface area (Å²) in [7, 11) is 0. The Hall–Kier alpha value is -2.19. The number of benzene rings is 1. The van der Waals surface area contributed by atoms with E-state index < -0.39 is 10.8 Å². The van der Waals surface area contributed by atoms with Crippen molar-refractivity contribution >= 4 is 40.2 Å². The molecule has 7 nitrogen and oxygen atoms in total. The highest BCUT2D eigenvalue weighted by Crippen LogP contribution is 2.29. The van der Waals surface area contributed by atoms with Crippen LogP contribution in [0.1, 0.15) is 28.3 Å². The first-order valence-electron chi connectivity index (χ1n) is 5.83. The van der Waals surface area contributed by atoms with Crippen molar-refractivity contribution in [3.63, 3.8) is 0 Å². The molecular formula is C12H11ClN4O3S. The number of rotatable bonds is 4. The zero-order valence-electron chi connectivity index (χ0n) is 10.9. The number of nitrogens with two attached hydrogens (primary N) is 1. The number of nitrogens with one attached hydrogen (secondary N) is 1. The first kappa shape index (κ1) is 15.2. The molecule has 0 aliphatic carbocycles. The van der Waals surface area contributed by atoms with Crippen LogP contribution < -0.4 is 11.1 Å². The summed E-state index contributed by atoms with van der Waals surface area (Å²) in [6.45, 7) is 1.76. The Morgan fingerprint density at radius 1 is 1.57 bits per heavy atom. The molecular weight excluding hydrogens is 316 g/mol. The molecule has 1 amide bonds. The molecule has 0 fully saturated rings. The Labute approximate surface area is 128 Å². The van der Waals surface area contributed by atoms with Crippen molar-refractivity contribution < 1.29 is 9.72 Å². The van der Waals surface area contributed by atoms with Crippen molar-refractivity contribution in [1.29, 1.82) is 0 Å². The lowest BCUT2D eigenvalue weighted by atomic mass is 10.1. The maximum Gasteiger partial charge on any atom is 0.271 e. The fourth-order valence-electron chi connectivity index (χ4n) is 1.68. The van der Waals surface area contributed by atoms with E-state index in [-0.39, 0.29) is 28.0 Å².